The first-order valence-electron chi connectivity index (χ1n) is 13.0. The van der Waals surface area contributed by atoms with Crippen molar-refractivity contribution in [1.29, 1.82) is 0 Å². The first-order valence-corrected chi connectivity index (χ1v) is 13.0. The van der Waals surface area contributed by atoms with Crippen molar-refractivity contribution in [2.24, 2.45) is 28.6 Å². The number of nitrogens with one attached hydrogen (secondary N) is 1. The zero-order valence-electron chi connectivity index (χ0n) is 22.8. The minimum absolute atomic E-state index is 0.0451. The first-order chi connectivity index (χ1) is 17.6. The van der Waals surface area contributed by atoms with Crippen LogP contribution in [0.5, 0.6) is 0 Å². The summed E-state index contributed by atoms with van der Waals surface area (Å²) in [5.74, 6) is -5.53. The van der Waals surface area contributed by atoms with E-state index in [9.17, 15) is 29.7 Å². The lowest BCUT2D eigenvalue weighted by atomic mass is 9.41. The summed E-state index contributed by atoms with van der Waals surface area (Å²) in [4.78, 5) is 47.5. The molecule has 38 heavy (non-hydrogen) atoms. The first kappa shape index (κ1) is 29.7. The van der Waals surface area contributed by atoms with Crippen LogP contribution in [0.25, 0.3) is 0 Å². The molecule has 0 radical (unpaired) electrons. The van der Waals surface area contributed by atoms with Gasteiger partial charge in [0.05, 0.1) is 23.6 Å². The number of allylic oxidation sites excluding steroid dienone is 1. The SMILES string of the molecule is C=C[C@@H](C)CC(=O)[C@]1(O)[C@@H](C)C[C@H](O)[C@H]2C(C)(C)CC[C@](O)(OC(=O)NOC(=O)Cc3ccccn3)[C@@]21C. The third-order valence-electron chi connectivity index (χ3n) is 8.76. The molecule has 7 atom stereocenters. The van der Waals surface area contributed by atoms with Gasteiger partial charge in [-0.1, -0.05) is 39.8 Å². The van der Waals surface area contributed by atoms with Crippen molar-refractivity contribution < 1.29 is 39.3 Å². The fraction of sp³-hybridized carbons (Fsp3) is 0.643. The monoisotopic (exact) mass is 532 g/mol. The summed E-state index contributed by atoms with van der Waals surface area (Å²) < 4.78 is 5.49. The average Bonchev–Trinajstić information content (AvgIpc) is 2.84. The van der Waals surface area contributed by atoms with E-state index in [2.05, 4.69) is 11.6 Å². The molecule has 0 saturated heterocycles. The lowest BCUT2D eigenvalue weighted by Crippen LogP contribution is -2.78. The van der Waals surface area contributed by atoms with Gasteiger partial charge in [0.25, 0.3) is 0 Å². The van der Waals surface area contributed by atoms with Crippen LogP contribution in [-0.4, -0.2) is 55.6 Å². The van der Waals surface area contributed by atoms with Crippen LogP contribution in [0, 0.1) is 28.6 Å². The molecule has 3 rings (SSSR count). The van der Waals surface area contributed by atoms with Gasteiger partial charge < -0.3 is 24.9 Å². The minimum Gasteiger partial charge on any atom is -0.414 e. The highest BCUT2D eigenvalue weighted by molar-refractivity contribution is 5.89. The number of aromatic nitrogens is 1. The Morgan fingerprint density at radius 2 is 1.92 bits per heavy atom. The van der Waals surface area contributed by atoms with Crippen molar-refractivity contribution in [2.45, 2.75) is 84.2 Å². The van der Waals surface area contributed by atoms with Crippen LogP contribution in [0.1, 0.15) is 66.0 Å². The number of aliphatic hydroxyl groups is 3. The molecule has 1 aromatic heterocycles. The van der Waals surface area contributed by atoms with Gasteiger partial charge in [0, 0.05) is 25.0 Å². The van der Waals surface area contributed by atoms with Crippen molar-refractivity contribution in [3.63, 3.8) is 0 Å². The van der Waals surface area contributed by atoms with E-state index in [-0.39, 0.29) is 31.6 Å². The Kier molecular flexibility index (Phi) is 8.41. The number of pyridine rings is 1. The van der Waals surface area contributed by atoms with E-state index in [0.29, 0.717) is 12.1 Å². The molecule has 2 aliphatic rings. The Labute approximate surface area is 223 Å². The van der Waals surface area contributed by atoms with Crippen LogP contribution >= 0.6 is 0 Å². The minimum atomic E-state index is -2.37. The Hall–Kier alpha value is -2.82. The van der Waals surface area contributed by atoms with Crippen LogP contribution in [0.3, 0.4) is 0 Å². The van der Waals surface area contributed by atoms with E-state index in [0.717, 1.165) is 0 Å². The molecule has 2 fully saturated rings. The van der Waals surface area contributed by atoms with Gasteiger partial charge in [-0.05, 0) is 49.1 Å². The lowest BCUT2D eigenvalue weighted by Gasteiger charge is -2.67. The molecule has 0 bridgehead atoms. The van der Waals surface area contributed by atoms with Gasteiger partial charge in [-0.15, -0.1) is 12.1 Å². The molecule has 0 spiro atoms. The molecule has 210 valence electrons. The van der Waals surface area contributed by atoms with Crippen LogP contribution in [0.2, 0.25) is 0 Å². The van der Waals surface area contributed by atoms with Gasteiger partial charge in [-0.25, -0.2) is 9.59 Å². The van der Waals surface area contributed by atoms with Crippen molar-refractivity contribution in [2.75, 3.05) is 0 Å². The topological polar surface area (TPSA) is 155 Å². The standard InChI is InChI=1S/C28H40N2O8/c1-7-17(2)14-21(32)28(36)18(3)15-20(31)23-25(4,5)11-12-27(35,26(23,28)6)37-24(34)30-38-22(33)16-19-10-8-9-13-29-19/h7-10,13,17-18,20,23,31,35-36H,1,11-12,14-16H2,2-6H3,(H,30,34)/t17-,18+,20+,23+,26-,27+,28-/m1/s1. The number of Topliss-reactive ketones (excluding diaryl/α,β-unsaturated/α-hetero) is 1. The molecular formula is C28H40N2O8. The highest BCUT2D eigenvalue weighted by atomic mass is 16.7. The number of amides is 1. The molecule has 2 saturated carbocycles. The zero-order chi connectivity index (χ0) is 28.5. The van der Waals surface area contributed by atoms with Crippen molar-refractivity contribution in [3.8, 4) is 0 Å². The molecule has 1 heterocycles. The average molecular weight is 533 g/mol. The number of rotatable bonds is 7. The van der Waals surface area contributed by atoms with Crippen LogP contribution in [-0.2, 0) is 25.6 Å². The number of hydrogen-bond acceptors (Lipinski definition) is 9. The Bertz CT molecular complexity index is 1060. The maximum atomic E-state index is 13.7. The van der Waals surface area contributed by atoms with Crippen molar-refractivity contribution >= 4 is 17.8 Å². The molecule has 10 nitrogen and oxygen atoms in total. The maximum Gasteiger partial charge on any atom is 0.443 e. The number of carbonyl (C=O) groups excluding carboxylic acids is 3. The normalized spacial score (nSPS) is 34.8. The molecular weight excluding hydrogens is 492 g/mol. The van der Waals surface area contributed by atoms with Gasteiger partial charge in [0.2, 0.25) is 5.79 Å². The molecule has 4 N–H and O–H groups in total. The Balaban J connectivity index is 1.91. The van der Waals surface area contributed by atoms with Crippen molar-refractivity contribution in [1.82, 2.24) is 10.5 Å². The Morgan fingerprint density at radius 3 is 2.53 bits per heavy atom. The molecule has 0 aliphatic heterocycles. The summed E-state index contributed by atoms with van der Waals surface area (Å²) in [6.07, 6.45) is 0.942. The van der Waals surface area contributed by atoms with Gasteiger partial charge in [0.1, 0.15) is 5.60 Å². The second-order valence-corrected chi connectivity index (χ2v) is 11.7. The van der Waals surface area contributed by atoms with Crippen molar-refractivity contribution in [3.05, 3.63) is 42.7 Å². The van der Waals surface area contributed by atoms with E-state index in [4.69, 9.17) is 9.57 Å². The number of hydroxylamine groups is 1. The number of ether oxygens (including phenoxy) is 1. The number of carbonyl (C=O) groups is 3. The van der Waals surface area contributed by atoms with Gasteiger partial charge in [0.15, 0.2) is 5.78 Å². The smallest absolute Gasteiger partial charge is 0.414 e. The zero-order valence-corrected chi connectivity index (χ0v) is 22.8. The third-order valence-corrected chi connectivity index (χ3v) is 8.76. The lowest BCUT2D eigenvalue weighted by molar-refractivity contribution is -0.362. The van der Waals surface area contributed by atoms with E-state index in [1.807, 2.05) is 19.3 Å². The van der Waals surface area contributed by atoms with E-state index < -0.39 is 58.0 Å². The summed E-state index contributed by atoms with van der Waals surface area (Å²) >= 11 is 0. The van der Waals surface area contributed by atoms with Gasteiger partial charge >= 0.3 is 12.1 Å². The highest BCUT2D eigenvalue weighted by Crippen LogP contribution is 2.66. The summed E-state index contributed by atoms with van der Waals surface area (Å²) in [7, 11) is 0. The molecule has 1 aromatic rings. The Morgan fingerprint density at radius 1 is 1.24 bits per heavy atom. The van der Waals surface area contributed by atoms with Crippen LogP contribution < -0.4 is 5.48 Å². The number of aliphatic hydroxyl groups excluding tert-OH is 1. The number of ketones is 1. The van der Waals surface area contributed by atoms with E-state index in [1.54, 1.807) is 38.1 Å². The second-order valence-electron chi connectivity index (χ2n) is 11.7. The second kappa shape index (κ2) is 10.7. The molecule has 2 aliphatic carbocycles. The summed E-state index contributed by atoms with van der Waals surface area (Å²) in [6, 6.07) is 5.01. The number of fused-ring (bicyclic) bond motifs is 1. The fourth-order valence-corrected chi connectivity index (χ4v) is 6.76. The highest BCUT2D eigenvalue weighted by Gasteiger charge is 2.76. The predicted molar refractivity (Wildman–Crippen MR) is 137 cm³/mol. The van der Waals surface area contributed by atoms with E-state index >= 15 is 0 Å². The quantitative estimate of drug-likeness (QED) is 0.236. The van der Waals surface area contributed by atoms with Gasteiger partial charge in [-0.2, -0.15) is 0 Å². The summed E-state index contributed by atoms with van der Waals surface area (Å²) in [5, 5.41) is 35.4. The molecule has 0 aromatic carbocycles. The molecule has 1 amide bonds. The maximum absolute atomic E-state index is 13.7. The van der Waals surface area contributed by atoms with Crippen LogP contribution in [0.15, 0.2) is 37.1 Å². The molecule has 10 heteroatoms. The predicted octanol–water partition coefficient (Wildman–Crippen LogP) is 2.85. The van der Waals surface area contributed by atoms with Crippen LogP contribution in [0.4, 0.5) is 4.79 Å². The number of hydrogen-bond donors (Lipinski definition) is 4. The summed E-state index contributed by atoms with van der Waals surface area (Å²) in [6.45, 7) is 12.4. The largest absolute Gasteiger partial charge is 0.443 e. The van der Waals surface area contributed by atoms with Gasteiger partial charge in [-0.3, -0.25) is 9.78 Å². The molecule has 0 unspecified atom stereocenters. The van der Waals surface area contributed by atoms with E-state index in [1.165, 1.54) is 13.1 Å². The summed E-state index contributed by atoms with van der Waals surface area (Å²) in [5.41, 5.74) is -2.24. The fourth-order valence-electron chi connectivity index (χ4n) is 6.76. The number of nitrogens with zero attached hydrogens (tertiary/aromatic N) is 1. The third kappa shape index (κ3) is 5.09.